The van der Waals surface area contributed by atoms with E-state index in [2.05, 4.69) is 0 Å². The smallest absolute Gasteiger partial charge is 0.246 e. The van der Waals surface area contributed by atoms with Gasteiger partial charge in [-0.2, -0.15) is 4.31 Å². The van der Waals surface area contributed by atoms with E-state index in [4.69, 9.17) is 17.3 Å². The first-order valence-corrected chi connectivity index (χ1v) is 8.97. The van der Waals surface area contributed by atoms with Gasteiger partial charge in [-0.1, -0.05) is 41.9 Å². The summed E-state index contributed by atoms with van der Waals surface area (Å²) in [5.41, 5.74) is 7.09. The third-order valence-electron chi connectivity index (χ3n) is 4.07. The summed E-state index contributed by atoms with van der Waals surface area (Å²) in [6, 6.07) is 12.7. The molecule has 0 aliphatic carbocycles. The van der Waals surface area contributed by atoms with Crippen LogP contribution in [0.15, 0.2) is 53.4 Å². The molecule has 2 aromatic carbocycles. The first-order valence-electron chi connectivity index (χ1n) is 7.15. The predicted molar refractivity (Wildman–Crippen MR) is 94.6 cm³/mol. The SMILES string of the molecule is Cl.N[C@@H]1CN(S(=O)(=O)c2cc(Cl)ccc2F)C[C@H]1c1ccccc1. The van der Waals surface area contributed by atoms with Crippen LogP contribution in [0, 0.1) is 5.82 Å². The van der Waals surface area contributed by atoms with E-state index in [9.17, 15) is 12.8 Å². The third kappa shape index (κ3) is 3.58. The van der Waals surface area contributed by atoms with Crippen LogP contribution in [0.1, 0.15) is 11.5 Å². The van der Waals surface area contributed by atoms with Crippen LogP contribution in [0.5, 0.6) is 0 Å². The summed E-state index contributed by atoms with van der Waals surface area (Å²) in [7, 11) is -3.97. The van der Waals surface area contributed by atoms with Crippen LogP contribution in [0.3, 0.4) is 0 Å². The Balaban J connectivity index is 0.00000208. The summed E-state index contributed by atoms with van der Waals surface area (Å²) < 4.78 is 40.6. The number of nitrogens with zero attached hydrogens (tertiary/aromatic N) is 1. The molecule has 0 bridgehead atoms. The van der Waals surface area contributed by atoms with Crippen molar-refractivity contribution in [2.75, 3.05) is 13.1 Å². The first-order chi connectivity index (χ1) is 10.9. The largest absolute Gasteiger partial charge is 0.326 e. The summed E-state index contributed by atoms with van der Waals surface area (Å²) in [6.07, 6.45) is 0. The molecular formula is C16H17Cl2FN2O2S. The molecule has 0 aromatic heterocycles. The number of hydrogen-bond acceptors (Lipinski definition) is 3. The highest BCUT2D eigenvalue weighted by Crippen LogP contribution is 2.31. The molecule has 1 aliphatic heterocycles. The van der Waals surface area contributed by atoms with Crippen molar-refractivity contribution in [3.05, 3.63) is 64.9 Å². The van der Waals surface area contributed by atoms with E-state index in [-0.39, 0.29) is 42.5 Å². The minimum absolute atomic E-state index is 0. The maximum absolute atomic E-state index is 13.9. The molecule has 0 unspecified atom stereocenters. The highest BCUT2D eigenvalue weighted by molar-refractivity contribution is 7.89. The lowest BCUT2D eigenvalue weighted by Gasteiger charge is -2.17. The second-order valence-electron chi connectivity index (χ2n) is 5.58. The lowest BCUT2D eigenvalue weighted by molar-refractivity contribution is 0.463. The van der Waals surface area contributed by atoms with Crippen LogP contribution in [0.2, 0.25) is 5.02 Å². The van der Waals surface area contributed by atoms with Gasteiger partial charge in [0.2, 0.25) is 10.0 Å². The number of sulfonamides is 1. The van der Waals surface area contributed by atoms with Gasteiger partial charge in [0.1, 0.15) is 10.7 Å². The van der Waals surface area contributed by atoms with E-state index in [0.29, 0.717) is 0 Å². The molecule has 3 rings (SSSR count). The van der Waals surface area contributed by atoms with Crippen LogP contribution in [0.25, 0.3) is 0 Å². The Labute approximate surface area is 151 Å². The molecule has 0 spiro atoms. The van der Waals surface area contributed by atoms with Crippen LogP contribution < -0.4 is 5.73 Å². The van der Waals surface area contributed by atoms with Gasteiger partial charge in [0, 0.05) is 30.1 Å². The van der Waals surface area contributed by atoms with E-state index < -0.39 is 20.7 Å². The van der Waals surface area contributed by atoms with E-state index in [0.717, 1.165) is 17.7 Å². The second kappa shape index (κ2) is 7.37. The van der Waals surface area contributed by atoms with Crippen molar-refractivity contribution in [2.24, 2.45) is 5.73 Å². The van der Waals surface area contributed by atoms with Gasteiger partial charge in [0.15, 0.2) is 0 Å². The number of rotatable bonds is 3. The van der Waals surface area contributed by atoms with E-state index in [1.165, 1.54) is 10.4 Å². The zero-order valence-corrected chi connectivity index (χ0v) is 15.0. The van der Waals surface area contributed by atoms with Gasteiger partial charge >= 0.3 is 0 Å². The molecule has 0 radical (unpaired) electrons. The van der Waals surface area contributed by atoms with Crippen molar-refractivity contribution in [3.8, 4) is 0 Å². The molecule has 0 saturated carbocycles. The number of benzene rings is 2. The normalized spacial score (nSPS) is 21.5. The standard InChI is InChI=1S/C16H16ClFN2O2S.ClH/c17-12-6-7-14(18)16(8-12)23(21,22)20-9-13(15(19)10-20)11-4-2-1-3-5-11;/h1-8,13,15H,9-10,19H2;1H/t13-,15+;/m0./s1. The van der Waals surface area contributed by atoms with E-state index in [1.54, 1.807) is 0 Å². The molecule has 1 fully saturated rings. The fraction of sp³-hybridized carbons (Fsp3) is 0.250. The fourth-order valence-corrected chi connectivity index (χ4v) is 4.69. The van der Waals surface area contributed by atoms with Crippen LogP contribution in [-0.2, 0) is 10.0 Å². The van der Waals surface area contributed by atoms with Gasteiger partial charge in [0.25, 0.3) is 0 Å². The molecule has 1 saturated heterocycles. The van der Waals surface area contributed by atoms with Gasteiger partial charge in [0.05, 0.1) is 0 Å². The lowest BCUT2D eigenvalue weighted by atomic mass is 9.95. The van der Waals surface area contributed by atoms with Gasteiger partial charge in [-0.3, -0.25) is 0 Å². The van der Waals surface area contributed by atoms with Gasteiger partial charge in [-0.05, 0) is 23.8 Å². The molecule has 2 aromatic rings. The quantitative estimate of drug-likeness (QED) is 0.875. The molecule has 0 amide bonds. The Bertz CT molecular complexity index is 818. The van der Waals surface area contributed by atoms with Crippen molar-refractivity contribution in [2.45, 2.75) is 16.9 Å². The Morgan fingerprint density at radius 2 is 1.79 bits per heavy atom. The molecular weight excluding hydrogens is 374 g/mol. The molecule has 1 aliphatic rings. The first kappa shape index (κ1) is 19.1. The zero-order chi connectivity index (χ0) is 16.6. The third-order valence-corrected chi connectivity index (χ3v) is 6.15. The van der Waals surface area contributed by atoms with Crippen molar-refractivity contribution in [3.63, 3.8) is 0 Å². The van der Waals surface area contributed by atoms with Crippen LogP contribution >= 0.6 is 24.0 Å². The van der Waals surface area contributed by atoms with Crippen molar-refractivity contribution in [1.29, 1.82) is 0 Å². The summed E-state index contributed by atoms with van der Waals surface area (Å²) in [4.78, 5) is -0.411. The molecule has 130 valence electrons. The minimum Gasteiger partial charge on any atom is -0.326 e. The number of hydrogen-bond donors (Lipinski definition) is 1. The fourth-order valence-electron chi connectivity index (χ4n) is 2.85. The minimum atomic E-state index is -3.97. The summed E-state index contributed by atoms with van der Waals surface area (Å²) >= 11 is 5.81. The second-order valence-corrected chi connectivity index (χ2v) is 7.92. The Morgan fingerprint density at radius 3 is 2.46 bits per heavy atom. The lowest BCUT2D eigenvalue weighted by Crippen LogP contribution is -2.32. The summed E-state index contributed by atoms with van der Waals surface area (Å²) in [6.45, 7) is 0.368. The van der Waals surface area contributed by atoms with Crippen LogP contribution in [0.4, 0.5) is 4.39 Å². The van der Waals surface area contributed by atoms with Crippen molar-refractivity contribution in [1.82, 2.24) is 4.31 Å². The topological polar surface area (TPSA) is 63.4 Å². The number of halogens is 3. The maximum Gasteiger partial charge on any atom is 0.246 e. The number of nitrogens with two attached hydrogens (primary N) is 1. The monoisotopic (exact) mass is 390 g/mol. The van der Waals surface area contributed by atoms with Crippen LogP contribution in [-0.4, -0.2) is 31.9 Å². The van der Waals surface area contributed by atoms with Crippen molar-refractivity contribution < 1.29 is 12.8 Å². The molecule has 2 atom stereocenters. The van der Waals surface area contributed by atoms with E-state index in [1.807, 2.05) is 30.3 Å². The molecule has 4 nitrogen and oxygen atoms in total. The molecule has 8 heteroatoms. The highest BCUT2D eigenvalue weighted by atomic mass is 35.5. The Hall–Kier alpha value is -1.18. The van der Waals surface area contributed by atoms with Gasteiger partial charge in [-0.25, -0.2) is 12.8 Å². The zero-order valence-electron chi connectivity index (χ0n) is 12.6. The molecule has 1 heterocycles. The Morgan fingerprint density at radius 1 is 1.12 bits per heavy atom. The van der Waals surface area contributed by atoms with Crippen molar-refractivity contribution >= 4 is 34.0 Å². The average molecular weight is 391 g/mol. The summed E-state index contributed by atoms with van der Waals surface area (Å²) in [5, 5.41) is 0.174. The molecule has 2 N–H and O–H groups in total. The molecule has 24 heavy (non-hydrogen) atoms. The van der Waals surface area contributed by atoms with Gasteiger partial charge in [-0.15, -0.1) is 12.4 Å². The average Bonchev–Trinajstić information content (AvgIpc) is 2.93. The Kier molecular flexibility index (Phi) is 5.88. The van der Waals surface area contributed by atoms with E-state index >= 15 is 0 Å². The highest BCUT2D eigenvalue weighted by Gasteiger charge is 2.39. The van der Waals surface area contributed by atoms with Gasteiger partial charge < -0.3 is 5.73 Å². The maximum atomic E-state index is 13.9. The predicted octanol–water partition coefficient (Wildman–Crippen LogP) is 3.02. The summed E-state index contributed by atoms with van der Waals surface area (Å²) in [5.74, 6) is -0.931.